The molecule has 26 heavy (non-hydrogen) atoms. The van der Waals surface area contributed by atoms with E-state index in [0.29, 0.717) is 35.7 Å². The van der Waals surface area contributed by atoms with Crippen LogP contribution in [0.15, 0.2) is 35.0 Å². The van der Waals surface area contributed by atoms with E-state index in [-0.39, 0.29) is 30.3 Å². The number of rotatable bonds is 5. The van der Waals surface area contributed by atoms with E-state index < -0.39 is 6.10 Å². The Kier molecular flexibility index (Phi) is 6.73. The highest BCUT2D eigenvalue weighted by molar-refractivity contribution is 6.04. The second-order valence-electron chi connectivity index (χ2n) is 5.88. The number of hydrogen-bond acceptors (Lipinski definition) is 6. The minimum absolute atomic E-state index is 0. The molecule has 1 aromatic carbocycles. The monoisotopic (exact) mass is 380 g/mol. The Morgan fingerprint density at radius 2 is 1.85 bits per heavy atom. The predicted molar refractivity (Wildman–Crippen MR) is 98.5 cm³/mol. The third-order valence-corrected chi connectivity index (χ3v) is 4.07. The van der Waals surface area contributed by atoms with Gasteiger partial charge in [-0.25, -0.2) is 0 Å². The van der Waals surface area contributed by atoms with E-state index in [1.165, 1.54) is 6.20 Å². The van der Waals surface area contributed by atoms with Gasteiger partial charge in [0.05, 0.1) is 12.3 Å². The summed E-state index contributed by atoms with van der Waals surface area (Å²) in [6.07, 6.45) is 2.32. The SMILES string of the molecule is Cc1oncc1C(=O)Nc1ccc(NC(=O)[C@@H]2CC[C@H](CN)O2)cc1.Cl. The van der Waals surface area contributed by atoms with E-state index in [4.69, 9.17) is 15.0 Å². The number of aryl methyl sites for hydroxylation is 1. The molecule has 1 fully saturated rings. The molecule has 4 N–H and O–H groups in total. The Hall–Kier alpha value is -2.42. The summed E-state index contributed by atoms with van der Waals surface area (Å²) in [4.78, 5) is 24.3. The summed E-state index contributed by atoms with van der Waals surface area (Å²) in [5.41, 5.74) is 7.16. The van der Waals surface area contributed by atoms with Crippen LogP contribution in [0.25, 0.3) is 0 Å². The van der Waals surface area contributed by atoms with Crippen LogP contribution in [0.2, 0.25) is 0 Å². The number of carbonyl (C=O) groups excluding carboxylic acids is 2. The van der Waals surface area contributed by atoms with Gasteiger partial charge in [0.25, 0.3) is 11.8 Å². The summed E-state index contributed by atoms with van der Waals surface area (Å²) < 4.78 is 10.4. The van der Waals surface area contributed by atoms with Crippen molar-refractivity contribution < 1.29 is 18.8 Å². The molecule has 9 heteroatoms. The molecular formula is C17H21ClN4O4. The van der Waals surface area contributed by atoms with Crippen LogP contribution in [0.4, 0.5) is 11.4 Å². The molecule has 2 aromatic rings. The Labute approximate surface area is 156 Å². The van der Waals surface area contributed by atoms with Gasteiger partial charge < -0.3 is 25.6 Å². The van der Waals surface area contributed by atoms with Gasteiger partial charge in [-0.1, -0.05) is 5.16 Å². The van der Waals surface area contributed by atoms with Crippen molar-refractivity contribution in [1.29, 1.82) is 0 Å². The second kappa shape index (κ2) is 8.79. The quantitative estimate of drug-likeness (QED) is 0.730. The number of ether oxygens (including phenoxy) is 1. The summed E-state index contributed by atoms with van der Waals surface area (Å²) in [7, 11) is 0. The first-order valence-electron chi connectivity index (χ1n) is 8.06. The van der Waals surface area contributed by atoms with E-state index in [1.807, 2.05) is 0 Å². The minimum atomic E-state index is -0.468. The number of anilines is 2. The van der Waals surface area contributed by atoms with Crippen molar-refractivity contribution in [2.75, 3.05) is 17.2 Å². The number of nitrogens with one attached hydrogen (secondary N) is 2. The fraction of sp³-hybridized carbons (Fsp3) is 0.353. The molecule has 0 aliphatic carbocycles. The highest BCUT2D eigenvalue weighted by atomic mass is 35.5. The van der Waals surface area contributed by atoms with Crippen LogP contribution in [0.5, 0.6) is 0 Å². The molecule has 2 amide bonds. The third-order valence-electron chi connectivity index (χ3n) is 4.07. The zero-order valence-corrected chi connectivity index (χ0v) is 15.0. The normalized spacial score (nSPS) is 18.8. The zero-order chi connectivity index (χ0) is 17.8. The van der Waals surface area contributed by atoms with E-state index in [9.17, 15) is 9.59 Å². The zero-order valence-electron chi connectivity index (χ0n) is 14.2. The highest BCUT2D eigenvalue weighted by Gasteiger charge is 2.29. The predicted octanol–water partition coefficient (Wildman–Crippen LogP) is 2.10. The molecule has 1 saturated heterocycles. The molecule has 0 spiro atoms. The van der Waals surface area contributed by atoms with E-state index >= 15 is 0 Å². The lowest BCUT2D eigenvalue weighted by Crippen LogP contribution is -2.29. The van der Waals surface area contributed by atoms with Crippen LogP contribution >= 0.6 is 12.4 Å². The average molecular weight is 381 g/mol. The van der Waals surface area contributed by atoms with Gasteiger partial charge in [-0.3, -0.25) is 9.59 Å². The number of carbonyl (C=O) groups is 2. The van der Waals surface area contributed by atoms with Crippen LogP contribution in [0.3, 0.4) is 0 Å². The number of halogens is 1. The van der Waals surface area contributed by atoms with Crippen LogP contribution in [0.1, 0.15) is 29.0 Å². The van der Waals surface area contributed by atoms with Crippen LogP contribution in [-0.4, -0.2) is 35.7 Å². The van der Waals surface area contributed by atoms with Gasteiger partial charge in [0.15, 0.2) is 0 Å². The molecule has 0 bridgehead atoms. The number of aromatic nitrogens is 1. The molecule has 2 heterocycles. The lowest BCUT2D eigenvalue weighted by atomic mass is 10.2. The summed E-state index contributed by atoms with van der Waals surface area (Å²) in [5.74, 6) is -0.0377. The van der Waals surface area contributed by atoms with Crippen molar-refractivity contribution in [3.63, 3.8) is 0 Å². The number of amides is 2. The first kappa shape index (κ1) is 19.9. The third kappa shape index (κ3) is 4.60. The number of benzene rings is 1. The average Bonchev–Trinajstić information content (AvgIpc) is 3.25. The topological polar surface area (TPSA) is 119 Å². The van der Waals surface area contributed by atoms with Crippen LogP contribution in [-0.2, 0) is 9.53 Å². The smallest absolute Gasteiger partial charge is 0.260 e. The molecule has 0 unspecified atom stereocenters. The molecule has 8 nitrogen and oxygen atoms in total. The molecule has 1 aromatic heterocycles. The number of nitrogens with two attached hydrogens (primary N) is 1. The van der Waals surface area contributed by atoms with Gasteiger partial charge >= 0.3 is 0 Å². The highest BCUT2D eigenvalue weighted by Crippen LogP contribution is 2.21. The first-order valence-corrected chi connectivity index (χ1v) is 8.06. The van der Waals surface area contributed by atoms with Crippen molar-refractivity contribution in [3.8, 4) is 0 Å². The fourth-order valence-electron chi connectivity index (χ4n) is 2.65. The maximum absolute atomic E-state index is 12.2. The van der Waals surface area contributed by atoms with Crippen molar-refractivity contribution in [3.05, 3.63) is 41.8 Å². The Bertz CT molecular complexity index is 762. The van der Waals surface area contributed by atoms with Crippen LogP contribution < -0.4 is 16.4 Å². The van der Waals surface area contributed by atoms with Gasteiger partial charge in [0.1, 0.15) is 17.4 Å². The molecule has 140 valence electrons. The Balaban J connectivity index is 0.00000243. The van der Waals surface area contributed by atoms with E-state index in [0.717, 1.165) is 6.42 Å². The van der Waals surface area contributed by atoms with Crippen LogP contribution in [0, 0.1) is 6.92 Å². The molecule has 1 aliphatic heterocycles. The molecule has 0 radical (unpaired) electrons. The van der Waals surface area contributed by atoms with E-state index in [2.05, 4.69) is 15.8 Å². The Morgan fingerprint density at radius 1 is 1.19 bits per heavy atom. The second-order valence-corrected chi connectivity index (χ2v) is 5.88. The summed E-state index contributed by atoms with van der Waals surface area (Å²) in [5, 5.41) is 9.12. The number of hydrogen-bond donors (Lipinski definition) is 3. The molecular weight excluding hydrogens is 360 g/mol. The Morgan fingerprint density at radius 3 is 2.38 bits per heavy atom. The largest absolute Gasteiger partial charge is 0.364 e. The van der Waals surface area contributed by atoms with Crippen molar-refractivity contribution in [2.24, 2.45) is 5.73 Å². The maximum Gasteiger partial charge on any atom is 0.260 e. The van der Waals surface area contributed by atoms with Gasteiger partial charge in [0.2, 0.25) is 0 Å². The molecule has 2 atom stereocenters. The van der Waals surface area contributed by atoms with Crippen molar-refractivity contribution in [2.45, 2.75) is 32.0 Å². The van der Waals surface area contributed by atoms with Crippen molar-refractivity contribution >= 4 is 35.6 Å². The van der Waals surface area contributed by atoms with Gasteiger partial charge in [-0.2, -0.15) is 0 Å². The lowest BCUT2D eigenvalue weighted by molar-refractivity contribution is -0.126. The van der Waals surface area contributed by atoms with E-state index in [1.54, 1.807) is 31.2 Å². The minimum Gasteiger partial charge on any atom is -0.364 e. The number of nitrogens with zero attached hydrogens (tertiary/aromatic N) is 1. The molecule has 1 aliphatic rings. The van der Waals surface area contributed by atoms with Crippen molar-refractivity contribution in [1.82, 2.24) is 5.16 Å². The maximum atomic E-state index is 12.2. The lowest BCUT2D eigenvalue weighted by Gasteiger charge is -2.13. The standard InChI is InChI=1S/C17H20N4O4.ClH/c1-10-14(9-19-25-10)16(22)20-11-2-4-12(5-3-11)21-17(23)15-7-6-13(8-18)24-15;/h2-5,9,13,15H,6-8,18H2,1H3,(H,20,22)(H,21,23);1H/t13-,15+;/m1./s1. The summed E-state index contributed by atoms with van der Waals surface area (Å²) >= 11 is 0. The molecule has 3 rings (SSSR count). The van der Waals surface area contributed by atoms with Gasteiger partial charge in [-0.05, 0) is 44.0 Å². The first-order chi connectivity index (χ1) is 12.1. The molecule has 0 saturated carbocycles. The van der Waals surface area contributed by atoms with Gasteiger partial charge in [-0.15, -0.1) is 12.4 Å². The summed E-state index contributed by atoms with van der Waals surface area (Å²) in [6.45, 7) is 2.09. The fourth-order valence-corrected chi connectivity index (χ4v) is 2.65. The van der Waals surface area contributed by atoms with Gasteiger partial charge in [0, 0.05) is 17.9 Å². The summed E-state index contributed by atoms with van der Waals surface area (Å²) in [6, 6.07) is 6.83.